The van der Waals surface area contributed by atoms with E-state index in [2.05, 4.69) is 194 Å². The lowest BCUT2D eigenvalue weighted by atomic mass is 9.93. The molecule has 0 N–H and O–H groups in total. The Labute approximate surface area is 366 Å². The van der Waals surface area contributed by atoms with E-state index in [9.17, 15) is 0 Å². The van der Waals surface area contributed by atoms with Crippen molar-refractivity contribution in [1.82, 2.24) is 15.0 Å². The van der Waals surface area contributed by atoms with Crippen LogP contribution < -0.4 is 0 Å². The zero-order valence-electron chi connectivity index (χ0n) is 33.4. The number of hydrogen-bond donors (Lipinski definition) is 0. The normalized spacial score (nSPS) is 11.5. The van der Waals surface area contributed by atoms with Gasteiger partial charge in [0, 0.05) is 57.0 Å². The van der Waals surface area contributed by atoms with Crippen LogP contribution in [0.25, 0.3) is 119 Å². The Bertz CT molecular complexity index is 3380. The number of fused-ring (bicyclic) bond motifs is 6. The van der Waals surface area contributed by atoms with Gasteiger partial charge in [-0.25, -0.2) is 15.0 Å². The van der Waals surface area contributed by atoms with Crippen molar-refractivity contribution in [3.63, 3.8) is 0 Å². The molecular formula is C57H35N3S2. The molecule has 0 amide bonds. The van der Waals surface area contributed by atoms with E-state index in [-0.39, 0.29) is 0 Å². The van der Waals surface area contributed by atoms with E-state index in [1.165, 1.54) is 74.1 Å². The maximum absolute atomic E-state index is 5.53. The topological polar surface area (TPSA) is 38.7 Å². The molecule has 0 fully saturated rings. The van der Waals surface area contributed by atoms with Gasteiger partial charge in [0.1, 0.15) is 0 Å². The first-order valence-electron chi connectivity index (χ1n) is 20.8. The van der Waals surface area contributed by atoms with Crippen molar-refractivity contribution >= 4 is 63.0 Å². The minimum atomic E-state index is 0.639. The number of hydrogen-bond acceptors (Lipinski definition) is 5. The van der Waals surface area contributed by atoms with Crippen LogP contribution in [0.4, 0.5) is 0 Å². The zero-order chi connectivity index (χ0) is 41.0. The molecule has 9 aromatic carbocycles. The van der Waals surface area contributed by atoms with Gasteiger partial charge in [0.25, 0.3) is 0 Å². The molecule has 0 bridgehead atoms. The summed E-state index contributed by atoms with van der Waals surface area (Å²) in [5, 5.41) is 4.73. The first-order chi connectivity index (χ1) is 30.8. The van der Waals surface area contributed by atoms with Crippen LogP contribution in [0.5, 0.6) is 0 Å². The van der Waals surface area contributed by atoms with Gasteiger partial charge in [-0.15, -0.1) is 22.7 Å². The maximum atomic E-state index is 5.53. The molecule has 12 rings (SSSR count). The van der Waals surface area contributed by atoms with Crippen molar-refractivity contribution in [2.45, 2.75) is 0 Å². The highest BCUT2D eigenvalue weighted by Gasteiger charge is 2.24. The molecule has 0 aliphatic rings. The Hall–Kier alpha value is -7.57. The molecule has 3 heterocycles. The van der Waals surface area contributed by atoms with Crippen molar-refractivity contribution in [2.24, 2.45) is 0 Å². The molecule has 3 aromatic heterocycles. The van der Waals surface area contributed by atoms with Gasteiger partial charge in [-0.2, -0.15) is 0 Å². The van der Waals surface area contributed by atoms with E-state index < -0.39 is 0 Å². The monoisotopic (exact) mass is 825 g/mol. The second-order valence-corrected chi connectivity index (χ2v) is 17.5. The second kappa shape index (κ2) is 15.2. The van der Waals surface area contributed by atoms with E-state index in [1.807, 2.05) is 40.9 Å². The average molecular weight is 826 g/mol. The SMILES string of the molecule is c1ccc(-c2nc(-c3cccc4sc5c(-c6ccccc6)ccc(-c6ccccc6)c5c34)nc(-c3cccc4sc5c(-c6ccccc6)ccc(-c6ccccc6)c5c34)n2)cc1. The quantitative estimate of drug-likeness (QED) is 0.161. The van der Waals surface area contributed by atoms with Crippen LogP contribution >= 0.6 is 22.7 Å². The smallest absolute Gasteiger partial charge is 0.164 e. The third-order valence-corrected chi connectivity index (χ3v) is 14.2. The fraction of sp³-hybridized carbons (Fsp3) is 0. The highest BCUT2D eigenvalue weighted by Crippen LogP contribution is 2.50. The molecule has 0 atom stereocenters. The molecule has 290 valence electrons. The largest absolute Gasteiger partial charge is 0.208 e. The first-order valence-corrected chi connectivity index (χ1v) is 22.4. The van der Waals surface area contributed by atoms with E-state index >= 15 is 0 Å². The summed E-state index contributed by atoms with van der Waals surface area (Å²) in [5.74, 6) is 1.93. The van der Waals surface area contributed by atoms with Crippen LogP contribution in [0.1, 0.15) is 0 Å². The number of rotatable bonds is 7. The number of aromatic nitrogens is 3. The van der Waals surface area contributed by atoms with E-state index in [1.54, 1.807) is 0 Å². The Kier molecular flexibility index (Phi) is 8.87. The highest BCUT2D eigenvalue weighted by molar-refractivity contribution is 7.27. The van der Waals surface area contributed by atoms with Gasteiger partial charge in [-0.05, 0) is 56.6 Å². The molecular weight excluding hydrogens is 791 g/mol. The van der Waals surface area contributed by atoms with E-state index in [0.29, 0.717) is 17.5 Å². The minimum Gasteiger partial charge on any atom is -0.208 e. The summed E-state index contributed by atoms with van der Waals surface area (Å²) in [4.78, 5) is 16.2. The van der Waals surface area contributed by atoms with Crippen LogP contribution in [0, 0.1) is 0 Å². The van der Waals surface area contributed by atoms with Gasteiger partial charge in [0.05, 0.1) is 0 Å². The summed E-state index contributed by atoms with van der Waals surface area (Å²) in [6, 6.07) is 75.5. The Morgan fingerprint density at radius 2 is 0.548 bits per heavy atom. The Morgan fingerprint density at radius 3 is 0.935 bits per heavy atom. The highest BCUT2D eigenvalue weighted by atomic mass is 32.1. The van der Waals surface area contributed by atoms with Crippen LogP contribution in [0.3, 0.4) is 0 Å². The zero-order valence-corrected chi connectivity index (χ0v) is 35.0. The number of benzene rings is 9. The molecule has 62 heavy (non-hydrogen) atoms. The standard InChI is InChI=1S/C57H35N3S2/c1-6-18-36(19-7-1)41-32-34-43(38-22-10-3-11-23-38)53-51(41)49-45(28-16-30-47(49)61-53)56-58-55(40-26-14-5-15-27-40)59-57(60-56)46-29-17-31-48-50(46)52-42(37-20-8-2-9-21-37)33-35-44(54(52)62-48)39-24-12-4-13-25-39/h1-35H. The van der Waals surface area contributed by atoms with Gasteiger partial charge >= 0.3 is 0 Å². The lowest BCUT2D eigenvalue weighted by molar-refractivity contribution is 1.08. The lowest BCUT2D eigenvalue weighted by Gasteiger charge is -2.13. The maximum Gasteiger partial charge on any atom is 0.164 e. The average Bonchev–Trinajstić information content (AvgIpc) is 3.95. The summed E-state index contributed by atoms with van der Waals surface area (Å²) >= 11 is 3.67. The molecule has 0 saturated carbocycles. The summed E-state index contributed by atoms with van der Waals surface area (Å²) in [6.07, 6.45) is 0. The molecule has 0 saturated heterocycles. The van der Waals surface area contributed by atoms with Crippen molar-refractivity contribution in [1.29, 1.82) is 0 Å². The molecule has 5 heteroatoms. The van der Waals surface area contributed by atoms with Crippen LogP contribution in [-0.2, 0) is 0 Å². The van der Waals surface area contributed by atoms with Crippen LogP contribution in [0.2, 0.25) is 0 Å². The summed E-state index contributed by atoms with van der Waals surface area (Å²) in [7, 11) is 0. The second-order valence-electron chi connectivity index (χ2n) is 15.4. The van der Waals surface area contributed by atoms with Crippen LogP contribution in [0.15, 0.2) is 212 Å². The fourth-order valence-corrected chi connectivity index (χ4v) is 11.5. The first kappa shape index (κ1) is 36.3. The molecule has 0 spiro atoms. The van der Waals surface area contributed by atoms with Gasteiger partial charge in [0.2, 0.25) is 0 Å². The van der Waals surface area contributed by atoms with Crippen molar-refractivity contribution < 1.29 is 0 Å². The molecule has 0 aliphatic heterocycles. The van der Waals surface area contributed by atoms with Gasteiger partial charge in [-0.3, -0.25) is 0 Å². The predicted molar refractivity (Wildman–Crippen MR) is 264 cm³/mol. The van der Waals surface area contributed by atoms with Gasteiger partial charge in [0.15, 0.2) is 17.5 Å². The lowest BCUT2D eigenvalue weighted by Crippen LogP contribution is -2.00. The van der Waals surface area contributed by atoms with E-state index in [4.69, 9.17) is 15.0 Å². The molecule has 0 radical (unpaired) electrons. The molecule has 0 unspecified atom stereocenters. The minimum absolute atomic E-state index is 0.639. The van der Waals surface area contributed by atoms with Crippen LogP contribution in [-0.4, -0.2) is 15.0 Å². The Morgan fingerprint density at radius 1 is 0.226 bits per heavy atom. The molecule has 3 nitrogen and oxygen atoms in total. The Balaban J connectivity index is 1.16. The van der Waals surface area contributed by atoms with E-state index in [0.717, 1.165) is 27.5 Å². The third kappa shape index (κ3) is 6.13. The van der Waals surface area contributed by atoms with Gasteiger partial charge in [-0.1, -0.05) is 200 Å². The van der Waals surface area contributed by atoms with Gasteiger partial charge < -0.3 is 0 Å². The van der Waals surface area contributed by atoms with Crippen molar-refractivity contribution in [2.75, 3.05) is 0 Å². The molecule has 12 aromatic rings. The predicted octanol–water partition coefficient (Wildman–Crippen LogP) is 16.3. The third-order valence-electron chi connectivity index (χ3n) is 11.8. The summed E-state index contributed by atoms with van der Waals surface area (Å²) in [5.41, 5.74) is 12.5. The van der Waals surface area contributed by atoms with Crippen molar-refractivity contribution in [3.05, 3.63) is 212 Å². The fourth-order valence-electron chi connectivity index (χ4n) is 8.95. The summed E-state index contributed by atoms with van der Waals surface area (Å²) in [6.45, 7) is 0. The number of nitrogens with zero attached hydrogens (tertiary/aromatic N) is 3. The summed E-state index contributed by atoms with van der Waals surface area (Å²) < 4.78 is 4.87. The number of thiophene rings is 2. The molecule has 0 aliphatic carbocycles. The van der Waals surface area contributed by atoms with Crippen molar-refractivity contribution in [3.8, 4) is 78.7 Å².